The molecule has 1 atom stereocenters. The third-order valence-electron chi connectivity index (χ3n) is 4.50. The second-order valence-electron chi connectivity index (χ2n) is 6.79. The van der Waals surface area contributed by atoms with Crippen LogP contribution in [0.25, 0.3) is 0 Å². The predicted octanol–water partition coefficient (Wildman–Crippen LogP) is 3.19. The number of hydrogen-bond donors (Lipinski definition) is 1. The first-order valence-electron chi connectivity index (χ1n) is 9.25. The highest BCUT2D eigenvalue weighted by Crippen LogP contribution is 2.26. The number of aryl methyl sites for hydroxylation is 2. The molecule has 1 aromatic heterocycles. The van der Waals surface area contributed by atoms with Gasteiger partial charge >= 0.3 is 12.0 Å². The van der Waals surface area contributed by atoms with E-state index < -0.39 is 0 Å². The first-order valence-corrected chi connectivity index (χ1v) is 9.25. The Bertz CT molecular complexity index is 800. The summed E-state index contributed by atoms with van der Waals surface area (Å²) in [5.74, 6) is 1.22. The molecule has 8 heteroatoms. The number of carbonyl (C=O) groups excluding carboxylic acids is 1. The second-order valence-corrected chi connectivity index (χ2v) is 6.79. The maximum absolute atomic E-state index is 12.7. The summed E-state index contributed by atoms with van der Waals surface area (Å²) < 4.78 is 16.4. The fourth-order valence-electron chi connectivity index (χ4n) is 3.20. The van der Waals surface area contributed by atoms with E-state index in [0.29, 0.717) is 36.3 Å². The third kappa shape index (κ3) is 5.03. The normalized spacial score (nSPS) is 16.4. The van der Waals surface area contributed by atoms with Crippen molar-refractivity contribution in [2.24, 2.45) is 0 Å². The number of urea groups is 1. The van der Waals surface area contributed by atoms with Crippen LogP contribution >= 0.6 is 0 Å². The molecule has 0 aliphatic carbocycles. The van der Waals surface area contributed by atoms with E-state index >= 15 is 0 Å². The van der Waals surface area contributed by atoms with Gasteiger partial charge in [-0.15, -0.1) is 0 Å². The van der Waals surface area contributed by atoms with Crippen LogP contribution in [0.3, 0.4) is 0 Å². The van der Waals surface area contributed by atoms with Crippen LogP contribution in [0.4, 0.5) is 10.5 Å². The Morgan fingerprint density at radius 3 is 2.32 bits per heavy atom. The number of nitrogens with zero attached hydrogens (tertiary/aromatic N) is 3. The van der Waals surface area contributed by atoms with E-state index in [9.17, 15) is 4.79 Å². The van der Waals surface area contributed by atoms with E-state index in [2.05, 4.69) is 15.3 Å². The van der Waals surface area contributed by atoms with E-state index in [0.717, 1.165) is 24.2 Å². The SMILES string of the molecule is COc1cc(NC(=O)N2CCCC(Oc3nc(C)cc(C)n3)C2)cc(OC)c1. The lowest BCUT2D eigenvalue weighted by Crippen LogP contribution is -2.46. The minimum Gasteiger partial charge on any atom is -0.497 e. The number of aromatic nitrogens is 2. The molecule has 1 saturated heterocycles. The quantitative estimate of drug-likeness (QED) is 0.849. The monoisotopic (exact) mass is 386 g/mol. The van der Waals surface area contributed by atoms with Gasteiger partial charge in [0.1, 0.15) is 17.6 Å². The molecule has 2 amide bonds. The average Bonchev–Trinajstić information content (AvgIpc) is 2.67. The van der Waals surface area contributed by atoms with E-state index in [-0.39, 0.29) is 12.1 Å². The number of ether oxygens (including phenoxy) is 3. The number of nitrogens with one attached hydrogen (secondary N) is 1. The van der Waals surface area contributed by atoms with Crippen LogP contribution in [0.1, 0.15) is 24.2 Å². The van der Waals surface area contributed by atoms with Gasteiger partial charge in [0.15, 0.2) is 0 Å². The maximum Gasteiger partial charge on any atom is 0.321 e. The summed E-state index contributed by atoms with van der Waals surface area (Å²) in [7, 11) is 3.14. The largest absolute Gasteiger partial charge is 0.497 e. The molecule has 150 valence electrons. The highest BCUT2D eigenvalue weighted by Gasteiger charge is 2.26. The Morgan fingerprint density at radius 1 is 1.07 bits per heavy atom. The molecule has 1 fully saturated rings. The van der Waals surface area contributed by atoms with Crippen LogP contribution in [0, 0.1) is 13.8 Å². The number of methoxy groups -OCH3 is 2. The molecule has 2 aromatic rings. The molecule has 0 bridgehead atoms. The van der Waals surface area contributed by atoms with Crippen LogP contribution in [-0.4, -0.2) is 54.3 Å². The van der Waals surface area contributed by atoms with Crippen LogP contribution in [-0.2, 0) is 0 Å². The molecule has 3 rings (SSSR count). The fraction of sp³-hybridized carbons (Fsp3) is 0.450. The standard InChI is InChI=1S/C20H26N4O4/c1-13-8-14(2)22-19(21-13)28-16-6-5-7-24(12-16)20(25)23-15-9-17(26-3)11-18(10-15)27-4/h8-11,16H,5-7,12H2,1-4H3,(H,23,25). The van der Waals surface area contributed by atoms with Crippen molar-refractivity contribution in [2.45, 2.75) is 32.8 Å². The Morgan fingerprint density at radius 2 is 1.71 bits per heavy atom. The van der Waals surface area contributed by atoms with Gasteiger partial charge in [-0.1, -0.05) is 0 Å². The fourth-order valence-corrected chi connectivity index (χ4v) is 3.20. The zero-order valence-corrected chi connectivity index (χ0v) is 16.7. The van der Waals surface area contributed by atoms with Gasteiger partial charge in [0, 0.05) is 41.8 Å². The van der Waals surface area contributed by atoms with Crippen molar-refractivity contribution in [3.05, 3.63) is 35.7 Å². The van der Waals surface area contributed by atoms with Crippen LogP contribution < -0.4 is 19.5 Å². The number of hydrogen-bond acceptors (Lipinski definition) is 6. The zero-order valence-electron chi connectivity index (χ0n) is 16.7. The minimum absolute atomic E-state index is 0.138. The van der Waals surface area contributed by atoms with Gasteiger partial charge in [0.05, 0.1) is 20.8 Å². The van der Waals surface area contributed by atoms with Crippen LogP contribution in [0.2, 0.25) is 0 Å². The molecule has 0 saturated carbocycles. The molecule has 1 unspecified atom stereocenters. The molecular formula is C20H26N4O4. The van der Waals surface area contributed by atoms with E-state index in [4.69, 9.17) is 14.2 Å². The topological polar surface area (TPSA) is 85.8 Å². The Balaban J connectivity index is 1.64. The first-order chi connectivity index (χ1) is 13.5. The summed E-state index contributed by atoms with van der Waals surface area (Å²) in [6.07, 6.45) is 1.57. The number of rotatable bonds is 5. The summed E-state index contributed by atoms with van der Waals surface area (Å²) in [6, 6.07) is 7.33. The zero-order chi connectivity index (χ0) is 20.1. The summed E-state index contributed by atoms with van der Waals surface area (Å²) in [5.41, 5.74) is 2.33. The third-order valence-corrected chi connectivity index (χ3v) is 4.50. The van der Waals surface area contributed by atoms with Crippen molar-refractivity contribution in [3.63, 3.8) is 0 Å². The summed E-state index contributed by atoms with van der Waals surface area (Å²) >= 11 is 0. The van der Waals surface area contributed by atoms with Gasteiger partial charge in [0.25, 0.3) is 0 Å². The highest BCUT2D eigenvalue weighted by atomic mass is 16.5. The average molecular weight is 386 g/mol. The number of benzene rings is 1. The summed E-state index contributed by atoms with van der Waals surface area (Å²) in [5, 5.41) is 2.90. The number of carbonyl (C=O) groups is 1. The molecule has 8 nitrogen and oxygen atoms in total. The number of piperidine rings is 1. The molecule has 2 heterocycles. The van der Waals surface area contributed by atoms with Gasteiger partial charge in [0.2, 0.25) is 0 Å². The summed E-state index contributed by atoms with van der Waals surface area (Å²) in [6.45, 7) is 4.96. The van der Waals surface area contributed by atoms with E-state index in [1.54, 1.807) is 37.3 Å². The van der Waals surface area contributed by atoms with Gasteiger partial charge in [-0.05, 0) is 32.8 Å². The van der Waals surface area contributed by atoms with Gasteiger partial charge < -0.3 is 24.4 Å². The van der Waals surface area contributed by atoms with Crippen LogP contribution in [0.5, 0.6) is 17.5 Å². The Hall–Kier alpha value is -3.03. The lowest BCUT2D eigenvalue weighted by molar-refractivity contribution is 0.0980. The number of likely N-dealkylation sites (tertiary alicyclic amines) is 1. The van der Waals surface area contributed by atoms with E-state index in [1.807, 2.05) is 19.9 Å². The van der Waals surface area contributed by atoms with Crippen molar-refractivity contribution in [2.75, 3.05) is 32.6 Å². The van der Waals surface area contributed by atoms with Crippen molar-refractivity contribution >= 4 is 11.7 Å². The van der Waals surface area contributed by atoms with Gasteiger partial charge in [-0.3, -0.25) is 0 Å². The van der Waals surface area contributed by atoms with Crippen molar-refractivity contribution in [1.82, 2.24) is 14.9 Å². The Kier molecular flexibility index (Phi) is 6.18. The molecule has 1 N–H and O–H groups in total. The molecule has 0 spiro atoms. The molecule has 1 aromatic carbocycles. The van der Waals surface area contributed by atoms with E-state index in [1.165, 1.54) is 0 Å². The molecule has 1 aliphatic heterocycles. The van der Waals surface area contributed by atoms with Gasteiger partial charge in [-0.25, -0.2) is 14.8 Å². The van der Waals surface area contributed by atoms with Crippen molar-refractivity contribution < 1.29 is 19.0 Å². The molecule has 0 radical (unpaired) electrons. The Labute approximate surface area is 164 Å². The van der Waals surface area contributed by atoms with Crippen molar-refractivity contribution in [3.8, 4) is 17.5 Å². The maximum atomic E-state index is 12.7. The number of anilines is 1. The minimum atomic E-state index is -0.190. The molecular weight excluding hydrogens is 360 g/mol. The molecule has 1 aliphatic rings. The lowest BCUT2D eigenvalue weighted by Gasteiger charge is -2.32. The predicted molar refractivity (Wildman–Crippen MR) is 105 cm³/mol. The summed E-state index contributed by atoms with van der Waals surface area (Å²) in [4.78, 5) is 23.1. The number of amides is 2. The lowest BCUT2D eigenvalue weighted by atomic mass is 10.1. The first kappa shape index (κ1) is 19.7. The highest BCUT2D eigenvalue weighted by molar-refractivity contribution is 5.90. The van der Waals surface area contributed by atoms with Crippen LogP contribution in [0.15, 0.2) is 24.3 Å². The van der Waals surface area contributed by atoms with Gasteiger partial charge in [-0.2, -0.15) is 0 Å². The second kappa shape index (κ2) is 8.77. The molecule has 28 heavy (non-hydrogen) atoms. The smallest absolute Gasteiger partial charge is 0.321 e. The van der Waals surface area contributed by atoms with Crippen molar-refractivity contribution in [1.29, 1.82) is 0 Å².